The maximum absolute atomic E-state index is 11.2. The van der Waals surface area contributed by atoms with Crippen LogP contribution in [0.1, 0.15) is 13.3 Å². The molecule has 17 heavy (non-hydrogen) atoms. The van der Waals surface area contributed by atoms with Gasteiger partial charge < -0.3 is 9.64 Å². The summed E-state index contributed by atoms with van der Waals surface area (Å²) in [5, 5.41) is 11.0. The van der Waals surface area contributed by atoms with E-state index in [0.717, 1.165) is 17.8 Å². The Morgan fingerprint density at radius 3 is 2.88 bits per heavy atom. The number of carbonyl (C=O) groups excluding carboxylic acids is 1. The Bertz CT molecular complexity index is 407. The van der Waals surface area contributed by atoms with E-state index in [1.165, 1.54) is 13.3 Å². The number of aromatic nitrogens is 1. The molecule has 0 radical (unpaired) electrons. The zero-order valence-electron chi connectivity index (χ0n) is 9.58. The minimum Gasteiger partial charge on any atom is -0.468 e. The fraction of sp³-hybridized carbons (Fsp3) is 0.556. The molecule has 0 unspecified atom stereocenters. The van der Waals surface area contributed by atoms with E-state index in [1.54, 1.807) is 4.90 Å². The summed E-state index contributed by atoms with van der Waals surface area (Å²) in [4.78, 5) is 26.8. The number of esters is 1. The standard InChI is InChI=1S/C9H13N3O4S/c1-3-4-11(6-8(13)16-2)9-10-5-7(17-9)12(14)15/h5H,3-4,6H2,1-2H3. The molecule has 0 fully saturated rings. The molecule has 0 aliphatic rings. The van der Waals surface area contributed by atoms with Gasteiger partial charge in [-0.1, -0.05) is 6.92 Å². The molecule has 0 aromatic carbocycles. The first kappa shape index (κ1) is 13.4. The van der Waals surface area contributed by atoms with Gasteiger partial charge in [0.2, 0.25) is 0 Å². The number of rotatable bonds is 6. The van der Waals surface area contributed by atoms with Crippen molar-refractivity contribution < 1.29 is 14.5 Å². The van der Waals surface area contributed by atoms with Gasteiger partial charge in [0.05, 0.1) is 12.0 Å². The molecule has 1 aromatic rings. The van der Waals surface area contributed by atoms with Crippen LogP contribution in [0.3, 0.4) is 0 Å². The first-order chi connectivity index (χ1) is 8.08. The first-order valence-electron chi connectivity index (χ1n) is 5.00. The molecule has 0 atom stereocenters. The van der Waals surface area contributed by atoms with Gasteiger partial charge in [0, 0.05) is 6.54 Å². The van der Waals surface area contributed by atoms with Crippen molar-refractivity contribution in [3.05, 3.63) is 16.3 Å². The molecule has 0 bridgehead atoms. The fourth-order valence-corrected chi connectivity index (χ4v) is 1.98. The molecule has 0 amide bonds. The molecule has 7 nitrogen and oxygen atoms in total. The molecule has 0 N–H and O–H groups in total. The Kier molecular flexibility index (Phi) is 4.83. The van der Waals surface area contributed by atoms with Gasteiger partial charge >= 0.3 is 11.0 Å². The van der Waals surface area contributed by atoms with Crippen molar-refractivity contribution in [1.29, 1.82) is 0 Å². The van der Waals surface area contributed by atoms with Gasteiger partial charge in [0.25, 0.3) is 0 Å². The van der Waals surface area contributed by atoms with Crippen LogP contribution in [0, 0.1) is 10.1 Å². The van der Waals surface area contributed by atoms with Gasteiger partial charge in [-0.3, -0.25) is 14.9 Å². The van der Waals surface area contributed by atoms with E-state index < -0.39 is 10.9 Å². The van der Waals surface area contributed by atoms with Crippen molar-refractivity contribution in [3.8, 4) is 0 Å². The zero-order valence-corrected chi connectivity index (χ0v) is 10.4. The molecule has 8 heteroatoms. The Morgan fingerprint density at radius 1 is 1.71 bits per heavy atom. The average Bonchev–Trinajstić information content (AvgIpc) is 2.77. The number of carbonyl (C=O) groups is 1. The van der Waals surface area contributed by atoms with E-state index in [9.17, 15) is 14.9 Å². The van der Waals surface area contributed by atoms with Gasteiger partial charge in [0.15, 0.2) is 5.13 Å². The van der Waals surface area contributed by atoms with Crippen LogP contribution in [0.25, 0.3) is 0 Å². The summed E-state index contributed by atoms with van der Waals surface area (Å²) in [6, 6.07) is 0. The van der Waals surface area contributed by atoms with Crippen molar-refractivity contribution in [2.24, 2.45) is 0 Å². The first-order valence-corrected chi connectivity index (χ1v) is 5.82. The van der Waals surface area contributed by atoms with E-state index in [0.29, 0.717) is 11.7 Å². The molecular formula is C9H13N3O4S. The highest BCUT2D eigenvalue weighted by molar-refractivity contribution is 7.18. The van der Waals surface area contributed by atoms with Crippen LogP contribution in [-0.4, -0.2) is 36.1 Å². The quantitative estimate of drug-likeness (QED) is 0.436. The Hall–Kier alpha value is -1.70. The van der Waals surface area contributed by atoms with Crippen LogP contribution >= 0.6 is 11.3 Å². The fourth-order valence-electron chi connectivity index (χ4n) is 1.22. The summed E-state index contributed by atoms with van der Waals surface area (Å²) in [6.07, 6.45) is 2.00. The second kappa shape index (κ2) is 6.14. The number of anilines is 1. The van der Waals surface area contributed by atoms with Crippen molar-refractivity contribution in [3.63, 3.8) is 0 Å². The smallest absolute Gasteiger partial charge is 0.345 e. The highest BCUT2D eigenvalue weighted by Crippen LogP contribution is 2.28. The van der Waals surface area contributed by atoms with Crippen LogP contribution < -0.4 is 4.90 Å². The predicted octanol–water partition coefficient (Wildman–Crippen LogP) is 1.44. The maximum Gasteiger partial charge on any atom is 0.345 e. The Balaban J connectivity index is 2.81. The van der Waals surface area contributed by atoms with Crippen LogP contribution in [0.2, 0.25) is 0 Å². The summed E-state index contributed by atoms with van der Waals surface area (Å²) in [5.41, 5.74) is 0. The highest BCUT2D eigenvalue weighted by Gasteiger charge is 2.18. The third-order valence-corrected chi connectivity index (χ3v) is 2.98. The van der Waals surface area contributed by atoms with E-state index in [1.807, 2.05) is 6.92 Å². The molecule has 0 saturated carbocycles. The number of hydrogen-bond donors (Lipinski definition) is 0. The minimum atomic E-state index is -0.497. The molecule has 1 heterocycles. The summed E-state index contributed by atoms with van der Waals surface area (Å²) >= 11 is 0.949. The average molecular weight is 259 g/mol. The van der Waals surface area contributed by atoms with Gasteiger partial charge in [-0.15, -0.1) is 0 Å². The molecule has 1 rings (SSSR count). The van der Waals surface area contributed by atoms with Gasteiger partial charge in [-0.25, -0.2) is 4.98 Å². The van der Waals surface area contributed by atoms with Crippen molar-refractivity contribution >= 4 is 27.4 Å². The molecule has 0 aliphatic heterocycles. The lowest BCUT2D eigenvalue weighted by Crippen LogP contribution is -2.31. The van der Waals surface area contributed by atoms with Crippen LogP contribution in [0.15, 0.2) is 6.20 Å². The second-order valence-electron chi connectivity index (χ2n) is 3.24. The molecule has 0 saturated heterocycles. The Labute approximate surface area is 102 Å². The van der Waals surface area contributed by atoms with E-state index in [4.69, 9.17) is 0 Å². The summed E-state index contributed by atoms with van der Waals surface area (Å²) < 4.78 is 4.57. The Morgan fingerprint density at radius 2 is 2.41 bits per heavy atom. The third-order valence-electron chi connectivity index (χ3n) is 1.97. The highest BCUT2D eigenvalue weighted by atomic mass is 32.1. The van der Waals surface area contributed by atoms with Gasteiger partial charge in [-0.05, 0) is 17.8 Å². The predicted molar refractivity (Wildman–Crippen MR) is 63.3 cm³/mol. The van der Waals surface area contributed by atoms with E-state index in [-0.39, 0.29) is 11.5 Å². The van der Waals surface area contributed by atoms with Crippen molar-refractivity contribution in [2.45, 2.75) is 13.3 Å². The number of ether oxygens (including phenoxy) is 1. The minimum absolute atomic E-state index is 0.0361. The lowest BCUT2D eigenvalue weighted by molar-refractivity contribution is -0.380. The zero-order chi connectivity index (χ0) is 12.8. The number of methoxy groups -OCH3 is 1. The number of nitrogens with zero attached hydrogens (tertiary/aromatic N) is 3. The van der Waals surface area contributed by atoms with Crippen LogP contribution in [-0.2, 0) is 9.53 Å². The topological polar surface area (TPSA) is 85.6 Å². The van der Waals surface area contributed by atoms with Gasteiger partial charge in [-0.2, -0.15) is 0 Å². The summed E-state index contributed by atoms with van der Waals surface area (Å²) in [7, 11) is 1.30. The second-order valence-corrected chi connectivity index (χ2v) is 4.22. The molecular weight excluding hydrogens is 246 g/mol. The molecule has 0 aliphatic carbocycles. The lowest BCUT2D eigenvalue weighted by Gasteiger charge is -2.18. The van der Waals surface area contributed by atoms with Crippen LogP contribution in [0.5, 0.6) is 0 Å². The monoisotopic (exact) mass is 259 g/mol. The normalized spacial score (nSPS) is 10.0. The van der Waals surface area contributed by atoms with E-state index in [2.05, 4.69) is 9.72 Å². The third kappa shape index (κ3) is 3.66. The number of hydrogen-bond acceptors (Lipinski definition) is 7. The molecule has 0 spiro atoms. The van der Waals surface area contributed by atoms with Gasteiger partial charge in [0.1, 0.15) is 12.7 Å². The maximum atomic E-state index is 11.2. The lowest BCUT2D eigenvalue weighted by atomic mass is 10.4. The van der Waals surface area contributed by atoms with Crippen molar-refractivity contribution in [2.75, 3.05) is 25.1 Å². The SMILES string of the molecule is CCCN(CC(=O)OC)c1ncc([N+](=O)[O-])s1. The summed E-state index contributed by atoms with van der Waals surface area (Å²) in [6.45, 7) is 2.60. The number of thiazole rings is 1. The summed E-state index contributed by atoms with van der Waals surface area (Å²) in [5.74, 6) is -0.392. The molecule has 1 aromatic heterocycles. The number of nitro groups is 1. The van der Waals surface area contributed by atoms with Crippen molar-refractivity contribution in [1.82, 2.24) is 4.98 Å². The largest absolute Gasteiger partial charge is 0.468 e. The molecule has 94 valence electrons. The van der Waals surface area contributed by atoms with E-state index >= 15 is 0 Å². The van der Waals surface area contributed by atoms with Crippen LogP contribution in [0.4, 0.5) is 10.1 Å².